The first-order valence-corrected chi connectivity index (χ1v) is 13.4. The van der Waals surface area contributed by atoms with Crippen molar-refractivity contribution in [2.45, 2.75) is 25.5 Å². The topological polar surface area (TPSA) is 124 Å². The monoisotopic (exact) mass is 541 g/mol. The fourth-order valence-corrected chi connectivity index (χ4v) is 5.10. The molecule has 3 N–H and O–H groups in total. The molecule has 4 aromatic rings. The minimum Gasteiger partial charge on any atom is -0.391 e. The van der Waals surface area contributed by atoms with Gasteiger partial charge < -0.3 is 30.3 Å². The van der Waals surface area contributed by atoms with E-state index < -0.39 is 12.1 Å². The number of hydrogen-bond acceptors (Lipinski definition) is 7. The van der Waals surface area contributed by atoms with Gasteiger partial charge in [0.15, 0.2) is 11.6 Å². The van der Waals surface area contributed by atoms with Crippen molar-refractivity contribution in [1.29, 1.82) is 0 Å². The average Bonchev–Trinajstić information content (AvgIpc) is 3.62. The second-order valence-corrected chi connectivity index (χ2v) is 10.1. The van der Waals surface area contributed by atoms with Gasteiger partial charge in [-0.2, -0.15) is 0 Å². The molecule has 2 atom stereocenters. The molecule has 6 rings (SSSR count). The number of fused-ring (bicyclic) bond motifs is 1. The Morgan fingerprint density at radius 3 is 2.40 bits per heavy atom. The average molecular weight is 542 g/mol. The lowest BCUT2D eigenvalue weighted by atomic mass is 10.2. The van der Waals surface area contributed by atoms with Crippen LogP contribution in [-0.2, 0) is 4.74 Å². The van der Waals surface area contributed by atoms with Crippen LogP contribution in [0.15, 0.2) is 66.9 Å². The summed E-state index contributed by atoms with van der Waals surface area (Å²) in [6.07, 6.45) is 2.04. The van der Waals surface area contributed by atoms with Gasteiger partial charge in [0.1, 0.15) is 5.52 Å². The first-order valence-electron chi connectivity index (χ1n) is 13.4. The smallest absolute Gasteiger partial charge is 0.323 e. The number of urea groups is 1. The molecule has 11 heteroatoms. The third-order valence-electron chi connectivity index (χ3n) is 7.25. The Hall–Kier alpha value is -4.48. The number of likely N-dealkylation sites (tertiary alicyclic amines) is 1. The van der Waals surface area contributed by atoms with Crippen LogP contribution in [-0.4, -0.2) is 81.5 Å². The van der Waals surface area contributed by atoms with Crippen LogP contribution in [0, 0.1) is 0 Å². The Balaban J connectivity index is 1.11. The maximum Gasteiger partial charge on any atom is 0.323 e. The van der Waals surface area contributed by atoms with E-state index in [1.165, 1.54) is 0 Å². The number of aliphatic hydroxyl groups is 1. The largest absolute Gasteiger partial charge is 0.391 e. The predicted octanol–water partition coefficient (Wildman–Crippen LogP) is 3.47. The summed E-state index contributed by atoms with van der Waals surface area (Å²) in [5, 5.41) is 20.0. The number of carbonyl (C=O) groups is 2. The molecule has 3 amide bonds. The summed E-state index contributed by atoms with van der Waals surface area (Å²) in [5.74, 6) is 1.34. The molecular weight excluding hydrogens is 510 g/mol. The highest BCUT2D eigenvalue weighted by Gasteiger charge is 2.26. The molecule has 0 spiro atoms. The molecule has 2 aliphatic heterocycles. The molecule has 0 bridgehead atoms. The number of hydrogen-bond donors (Lipinski definition) is 3. The Kier molecular flexibility index (Phi) is 7.06. The number of carbonyl (C=O) groups excluding carboxylic acids is 2. The van der Waals surface area contributed by atoms with Crippen LogP contribution in [0.5, 0.6) is 0 Å². The fourth-order valence-electron chi connectivity index (χ4n) is 5.10. The fraction of sp³-hybridized carbons (Fsp3) is 0.310. The number of amides is 3. The molecule has 2 fully saturated rings. The summed E-state index contributed by atoms with van der Waals surface area (Å²) in [6.45, 7) is 5.09. The lowest BCUT2D eigenvalue weighted by molar-refractivity contribution is 0.0765. The molecular formula is C29H31N7O4. The van der Waals surface area contributed by atoms with Gasteiger partial charge in [0.25, 0.3) is 5.91 Å². The standard InChI is InChI=1S/C29H31N7O4/c1-19-18-40-16-15-35(19)27-25-3-2-13-36(25)33-26(32-27)20-4-8-22(9-5-20)30-29(39)31-23-10-6-21(7-11-23)28(38)34-14-12-24(37)17-34/h2-11,13,19,24,37H,12,14-18H2,1H3,(H2,30,31,39)/t19-,24+/m1/s1. The van der Waals surface area contributed by atoms with E-state index in [9.17, 15) is 14.7 Å². The van der Waals surface area contributed by atoms with Crippen molar-refractivity contribution >= 4 is 34.6 Å². The van der Waals surface area contributed by atoms with E-state index in [0.717, 1.165) is 23.4 Å². The number of rotatable bonds is 5. The Bertz CT molecular complexity index is 1520. The zero-order valence-electron chi connectivity index (χ0n) is 22.2. The summed E-state index contributed by atoms with van der Waals surface area (Å²) >= 11 is 0. The molecule has 0 aliphatic carbocycles. The molecule has 0 unspecified atom stereocenters. The molecule has 40 heavy (non-hydrogen) atoms. The number of nitrogens with one attached hydrogen (secondary N) is 2. The van der Waals surface area contributed by atoms with Crippen molar-refractivity contribution in [1.82, 2.24) is 19.5 Å². The van der Waals surface area contributed by atoms with Gasteiger partial charge in [0, 0.05) is 48.3 Å². The van der Waals surface area contributed by atoms with Crippen molar-refractivity contribution in [2.24, 2.45) is 0 Å². The van der Waals surface area contributed by atoms with Crippen molar-refractivity contribution in [3.05, 3.63) is 72.4 Å². The van der Waals surface area contributed by atoms with E-state index in [2.05, 4.69) is 27.6 Å². The first-order chi connectivity index (χ1) is 19.4. The van der Waals surface area contributed by atoms with Gasteiger partial charge in [-0.1, -0.05) is 0 Å². The van der Waals surface area contributed by atoms with Crippen LogP contribution in [0.25, 0.3) is 16.9 Å². The Labute approximate surface area is 231 Å². The van der Waals surface area contributed by atoms with Gasteiger partial charge in [0.2, 0.25) is 0 Å². The molecule has 2 aliphatic rings. The summed E-state index contributed by atoms with van der Waals surface area (Å²) < 4.78 is 7.45. The number of aromatic nitrogens is 3. The van der Waals surface area contributed by atoms with Gasteiger partial charge in [-0.25, -0.2) is 14.3 Å². The van der Waals surface area contributed by atoms with Crippen molar-refractivity contribution in [2.75, 3.05) is 48.4 Å². The maximum absolute atomic E-state index is 12.6. The van der Waals surface area contributed by atoms with Crippen LogP contribution < -0.4 is 15.5 Å². The van der Waals surface area contributed by atoms with Gasteiger partial charge in [-0.15, -0.1) is 5.10 Å². The van der Waals surface area contributed by atoms with E-state index >= 15 is 0 Å². The van der Waals surface area contributed by atoms with Gasteiger partial charge in [-0.05, 0) is 74.0 Å². The summed E-state index contributed by atoms with van der Waals surface area (Å²) in [7, 11) is 0. The Morgan fingerprint density at radius 2 is 1.73 bits per heavy atom. The lowest BCUT2D eigenvalue weighted by Gasteiger charge is -2.34. The maximum atomic E-state index is 12.6. The summed E-state index contributed by atoms with van der Waals surface area (Å²) in [5.41, 5.74) is 3.46. The van der Waals surface area contributed by atoms with Crippen LogP contribution in [0.2, 0.25) is 0 Å². The highest BCUT2D eigenvalue weighted by molar-refractivity contribution is 6.00. The zero-order valence-corrected chi connectivity index (χ0v) is 22.2. The van der Waals surface area contributed by atoms with Crippen LogP contribution in [0.3, 0.4) is 0 Å². The number of aliphatic hydroxyl groups excluding tert-OH is 1. The molecule has 4 heterocycles. The zero-order chi connectivity index (χ0) is 27.6. The van der Waals surface area contributed by atoms with Crippen molar-refractivity contribution in [3.63, 3.8) is 0 Å². The third-order valence-corrected chi connectivity index (χ3v) is 7.25. The van der Waals surface area contributed by atoms with E-state index in [0.29, 0.717) is 55.5 Å². The van der Waals surface area contributed by atoms with Gasteiger partial charge in [0.05, 0.1) is 25.4 Å². The SMILES string of the molecule is C[C@@H]1COCCN1c1nc(-c2ccc(NC(=O)Nc3ccc(C(=O)N4CC[C@H](O)C4)cc3)cc2)nn2cccc12. The molecule has 206 valence electrons. The normalized spacial score (nSPS) is 19.1. The Morgan fingerprint density at radius 1 is 1.00 bits per heavy atom. The van der Waals surface area contributed by atoms with E-state index in [4.69, 9.17) is 9.72 Å². The molecule has 2 aromatic carbocycles. The second kappa shape index (κ2) is 10.9. The number of nitrogens with zero attached hydrogens (tertiary/aromatic N) is 5. The van der Waals surface area contributed by atoms with E-state index in [1.807, 2.05) is 35.0 Å². The van der Waals surface area contributed by atoms with Crippen LogP contribution >= 0.6 is 0 Å². The molecule has 2 aromatic heterocycles. The predicted molar refractivity (Wildman–Crippen MR) is 152 cm³/mol. The highest BCUT2D eigenvalue weighted by Crippen LogP contribution is 2.27. The molecule has 11 nitrogen and oxygen atoms in total. The lowest BCUT2D eigenvalue weighted by Crippen LogP contribution is -2.44. The van der Waals surface area contributed by atoms with Crippen LogP contribution in [0.1, 0.15) is 23.7 Å². The number of ether oxygens (including phenoxy) is 1. The quantitative estimate of drug-likeness (QED) is 0.353. The van der Waals surface area contributed by atoms with E-state index in [1.54, 1.807) is 41.3 Å². The molecule has 0 saturated carbocycles. The van der Waals surface area contributed by atoms with Crippen molar-refractivity contribution < 1.29 is 19.4 Å². The van der Waals surface area contributed by atoms with Crippen molar-refractivity contribution in [3.8, 4) is 11.4 Å². The summed E-state index contributed by atoms with van der Waals surface area (Å²) in [6, 6.07) is 17.9. The number of β-amino-alcohol motifs (C(OH)–C–C–N with tert-alkyl or cyclic N) is 1. The number of anilines is 3. The minimum absolute atomic E-state index is 0.126. The van der Waals surface area contributed by atoms with Crippen LogP contribution in [0.4, 0.5) is 22.0 Å². The highest BCUT2D eigenvalue weighted by atomic mass is 16.5. The van der Waals surface area contributed by atoms with E-state index in [-0.39, 0.29) is 11.9 Å². The molecule has 0 radical (unpaired) electrons. The summed E-state index contributed by atoms with van der Waals surface area (Å²) in [4.78, 5) is 34.0. The van der Waals surface area contributed by atoms with Gasteiger partial charge in [-0.3, -0.25) is 4.79 Å². The number of benzene rings is 2. The number of morpholine rings is 1. The van der Waals surface area contributed by atoms with Gasteiger partial charge >= 0.3 is 6.03 Å². The third kappa shape index (κ3) is 5.33. The minimum atomic E-state index is -0.463. The first kappa shape index (κ1) is 25.8. The molecule has 2 saturated heterocycles. The second-order valence-electron chi connectivity index (χ2n) is 10.1.